The number of hydrogen-bond donors (Lipinski definition) is 2. The van der Waals surface area contributed by atoms with Crippen molar-refractivity contribution < 1.29 is 13.9 Å². The van der Waals surface area contributed by atoms with Crippen molar-refractivity contribution in [2.45, 2.75) is 6.92 Å². The molecule has 5 rings (SSSR count). The molecule has 0 saturated carbocycles. The summed E-state index contributed by atoms with van der Waals surface area (Å²) in [5.74, 6) is 1.16. The number of rotatable bonds is 5. The molecule has 6 nitrogen and oxygen atoms in total. The summed E-state index contributed by atoms with van der Waals surface area (Å²) in [6, 6.07) is 20.9. The molecule has 0 spiro atoms. The number of ether oxygens (including phenoxy) is 1. The molecule has 164 valence electrons. The van der Waals surface area contributed by atoms with E-state index in [9.17, 15) is 4.79 Å². The minimum absolute atomic E-state index is 0.268. The summed E-state index contributed by atoms with van der Waals surface area (Å²) in [6.45, 7) is 2.00. The zero-order valence-electron chi connectivity index (χ0n) is 18.1. The number of aromatic nitrogens is 1. The lowest BCUT2D eigenvalue weighted by Gasteiger charge is -2.07. The Morgan fingerprint density at radius 1 is 1.09 bits per heavy atom. The van der Waals surface area contributed by atoms with Gasteiger partial charge in [0.2, 0.25) is 0 Å². The first-order valence-electron chi connectivity index (χ1n) is 10.3. The Labute approximate surface area is 194 Å². The first kappa shape index (κ1) is 20.8. The zero-order chi connectivity index (χ0) is 22.9. The van der Waals surface area contributed by atoms with Gasteiger partial charge in [0, 0.05) is 22.2 Å². The molecule has 0 radical (unpaired) electrons. The molecule has 3 N–H and O–H groups in total. The number of pyridine rings is 1. The number of methoxy groups -OCH3 is 1. The Morgan fingerprint density at radius 3 is 2.52 bits per heavy atom. The highest BCUT2D eigenvalue weighted by Gasteiger charge is 2.22. The maximum atomic E-state index is 13.1. The highest BCUT2D eigenvalue weighted by molar-refractivity contribution is 7.21. The van der Waals surface area contributed by atoms with Crippen molar-refractivity contribution >= 4 is 38.8 Å². The number of amides is 1. The van der Waals surface area contributed by atoms with Gasteiger partial charge in [0.25, 0.3) is 5.91 Å². The number of carbonyl (C=O) groups excluding carboxylic acids is 1. The lowest BCUT2D eigenvalue weighted by Crippen LogP contribution is -2.11. The Morgan fingerprint density at radius 2 is 1.85 bits per heavy atom. The van der Waals surface area contributed by atoms with Gasteiger partial charge >= 0.3 is 0 Å². The number of nitrogens with zero attached hydrogens (tertiary/aromatic N) is 1. The first-order valence-corrected chi connectivity index (χ1v) is 11.1. The molecule has 0 aliphatic rings. The number of aryl methyl sites for hydroxylation is 1. The van der Waals surface area contributed by atoms with Gasteiger partial charge in [-0.3, -0.25) is 4.79 Å². The van der Waals surface area contributed by atoms with Crippen molar-refractivity contribution in [1.82, 2.24) is 4.98 Å². The van der Waals surface area contributed by atoms with Crippen LogP contribution in [0.2, 0.25) is 0 Å². The molecule has 7 heteroatoms. The van der Waals surface area contributed by atoms with Crippen LogP contribution in [0.25, 0.3) is 32.8 Å². The molecule has 0 saturated heterocycles. The number of hydrogen-bond acceptors (Lipinski definition) is 6. The standard InChI is InChI=1S/C26H21N3O3S/c1-15-5-9-17(10-6-15)28-25(30)24-23(27)22-19(21-4-3-13-32-21)14-20(29-26(22)33-24)16-7-11-18(31-2)12-8-16/h3-14H,27H2,1-2H3,(H,28,30). The number of nitrogens with two attached hydrogens (primary N) is 1. The molecule has 3 aromatic heterocycles. The first-order chi connectivity index (χ1) is 16.0. The van der Waals surface area contributed by atoms with Gasteiger partial charge in [-0.15, -0.1) is 11.3 Å². The monoisotopic (exact) mass is 455 g/mol. The maximum absolute atomic E-state index is 13.1. The van der Waals surface area contributed by atoms with E-state index >= 15 is 0 Å². The van der Waals surface area contributed by atoms with Gasteiger partial charge in [-0.2, -0.15) is 0 Å². The number of anilines is 2. The van der Waals surface area contributed by atoms with E-state index in [1.807, 2.05) is 73.7 Å². The van der Waals surface area contributed by atoms with Gasteiger partial charge < -0.3 is 20.2 Å². The summed E-state index contributed by atoms with van der Waals surface area (Å²) in [5.41, 5.74) is 11.2. The van der Waals surface area contributed by atoms with Crippen molar-refractivity contribution in [2.75, 3.05) is 18.2 Å². The van der Waals surface area contributed by atoms with Crippen molar-refractivity contribution in [3.05, 3.63) is 83.4 Å². The van der Waals surface area contributed by atoms with E-state index in [0.717, 1.165) is 28.1 Å². The predicted octanol–water partition coefficient (Wildman–Crippen LogP) is 6.37. The summed E-state index contributed by atoms with van der Waals surface area (Å²) >= 11 is 1.27. The lowest BCUT2D eigenvalue weighted by atomic mass is 10.0. The Balaban J connectivity index is 1.62. The number of carbonyl (C=O) groups is 1. The van der Waals surface area contributed by atoms with Crippen LogP contribution in [-0.4, -0.2) is 18.0 Å². The van der Waals surface area contributed by atoms with E-state index in [4.69, 9.17) is 19.9 Å². The van der Waals surface area contributed by atoms with E-state index in [0.29, 0.717) is 32.2 Å². The van der Waals surface area contributed by atoms with Crippen LogP contribution in [0, 0.1) is 6.92 Å². The fourth-order valence-electron chi connectivity index (χ4n) is 3.65. The van der Waals surface area contributed by atoms with Crippen LogP contribution >= 0.6 is 11.3 Å². The van der Waals surface area contributed by atoms with Crippen LogP contribution in [0.3, 0.4) is 0 Å². The van der Waals surface area contributed by atoms with Gasteiger partial charge in [-0.05, 0) is 61.5 Å². The predicted molar refractivity (Wildman–Crippen MR) is 133 cm³/mol. The molecule has 0 aliphatic carbocycles. The molecule has 2 aromatic carbocycles. The summed E-state index contributed by atoms with van der Waals surface area (Å²) in [5, 5.41) is 3.64. The molecule has 1 amide bonds. The molecule has 0 atom stereocenters. The van der Waals surface area contributed by atoms with Crippen LogP contribution in [0.15, 0.2) is 77.4 Å². The average molecular weight is 456 g/mol. The average Bonchev–Trinajstić information content (AvgIpc) is 3.49. The largest absolute Gasteiger partial charge is 0.497 e. The second-order valence-electron chi connectivity index (χ2n) is 7.61. The van der Waals surface area contributed by atoms with Crippen LogP contribution in [0.5, 0.6) is 5.75 Å². The molecule has 0 unspecified atom stereocenters. The Bertz CT molecular complexity index is 1440. The topological polar surface area (TPSA) is 90.4 Å². The number of nitrogens with one attached hydrogen (secondary N) is 1. The second kappa shape index (κ2) is 8.44. The minimum atomic E-state index is -0.268. The number of benzene rings is 2. The van der Waals surface area contributed by atoms with Gasteiger partial charge in [-0.25, -0.2) is 4.98 Å². The number of fused-ring (bicyclic) bond motifs is 1. The molecule has 0 bridgehead atoms. The van der Waals surface area contributed by atoms with E-state index < -0.39 is 0 Å². The quantitative estimate of drug-likeness (QED) is 0.321. The second-order valence-corrected chi connectivity index (χ2v) is 8.61. The van der Waals surface area contributed by atoms with Crippen molar-refractivity contribution in [1.29, 1.82) is 0 Å². The van der Waals surface area contributed by atoms with Crippen LogP contribution in [-0.2, 0) is 0 Å². The van der Waals surface area contributed by atoms with Gasteiger partial charge in [0.05, 0.1) is 24.8 Å². The van der Waals surface area contributed by atoms with Crippen LogP contribution < -0.4 is 15.8 Å². The Hall–Kier alpha value is -4.10. The van der Waals surface area contributed by atoms with Crippen molar-refractivity contribution in [3.8, 4) is 28.3 Å². The van der Waals surface area contributed by atoms with E-state index in [-0.39, 0.29) is 5.91 Å². The van der Waals surface area contributed by atoms with E-state index in [1.165, 1.54) is 11.3 Å². The smallest absolute Gasteiger partial charge is 0.267 e. The minimum Gasteiger partial charge on any atom is -0.497 e. The van der Waals surface area contributed by atoms with E-state index in [1.54, 1.807) is 13.4 Å². The number of furan rings is 1. The summed E-state index contributed by atoms with van der Waals surface area (Å²) in [4.78, 5) is 19.0. The summed E-state index contributed by atoms with van der Waals surface area (Å²) in [7, 11) is 1.63. The Kier molecular flexibility index (Phi) is 5.32. The fraction of sp³-hybridized carbons (Fsp3) is 0.0769. The molecular formula is C26H21N3O3S. The zero-order valence-corrected chi connectivity index (χ0v) is 18.9. The highest BCUT2D eigenvalue weighted by atomic mass is 32.1. The maximum Gasteiger partial charge on any atom is 0.267 e. The molecule has 3 heterocycles. The lowest BCUT2D eigenvalue weighted by molar-refractivity contribution is 0.103. The molecule has 0 fully saturated rings. The van der Waals surface area contributed by atoms with E-state index in [2.05, 4.69) is 5.32 Å². The third-order valence-corrected chi connectivity index (χ3v) is 6.49. The summed E-state index contributed by atoms with van der Waals surface area (Å²) < 4.78 is 11.0. The fourth-order valence-corrected chi connectivity index (χ4v) is 4.67. The number of nitrogen functional groups attached to an aromatic ring is 1. The van der Waals surface area contributed by atoms with Crippen LogP contribution in [0.1, 0.15) is 15.2 Å². The van der Waals surface area contributed by atoms with Crippen LogP contribution in [0.4, 0.5) is 11.4 Å². The van der Waals surface area contributed by atoms with Crippen molar-refractivity contribution in [2.24, 2.45) is 0 Å². The third-order valence-electron chi connectivity index (χ3n) is 5.39. The SMILES string of the molecule is COc1ccc(-c2cc(-c3ccco3)c3c(N)c(C(=O)Nc4ccc(C)cc4)sc3n2)cc1. The molecule has 5 aromatic rings. The van der Waals surface area contributed by atoms with Gasteiger partial charge in [-0.1, -0.05) is 17.7 Å². The van der Waals surface area contributed by atoms with Crippen molar-refractivity contribution in [3.63, 3.8) is 0 Å². The highest BCUT2D eigenvalue weighted by Crippen LogP contribution is 2.41. The third kappa shape index (κ3) is 3.94. The number of thiophene rings is 1. The van der Waals surface area contributed by atoms with Gasteiger partial charge in [0.15, 0.2) is 0 Å². The summed E-state index contributed by atoms with van der Waals surface area (Å²) in [6.07, 6.45) is 1.61. The molecule has 0 aliphatic heterocycles. The molecule has 33 heavy (non-hydrogen) atoms. The molecular weight excluding hydrogens is 434 g/mol. The normalized spacial score (nSPS) is 11.0. The van der Waals surface area contributed by atoms with Gasteiger partial charge in [0.1, 0.15) is 21.2 Å².